The Morgan fingerprint density at radius 1 is 1.26 bits per heavy atom. The Kier molecular flexibility index (Phi) is 4.00. The van der Waals surface area contributed by atoms with E-state index in [0.717, 1.165) is 24.5 Å². The topological polar surface area (TPSA) is 66.4 Å². The zero-order valence-corrected chi connectivity index (χ0v) is 10.8. The molecule has 1 aliphatic carbocycles. The van der Waals surface area contributed by atoms with Crippen molar-refractivity contribution in [3.63, 3.8) is 0 Å². The van der Waals surface area contributed by atoms with Crippen LogP contribution in [-0.2, 0) is 4.79 Å². The number of hydrogen-bond acceptors (Lipinski definition) is 2. The highest BCUT2D eigenvalue weighted by Crippen LogP contribution is 2.26. The second-order valence-electron chi connectivity index (χ2n) is 5.04. The summed E-state index contributed by atoms with van der Waals surface area (Å²) >= 11 is 0. The molecular weight excluding hydrogens is 242 g/mol. The number of carbonyl (C=O) groups is 2. The minimum atomic E-state index is -0.985. The molecule has 2 rings (SSSR count). The third-order valence-electron chi connectivity index (χ3n) is 3.30. The highest BCUT2D eigenvalue weighted by atomic mass is 16.4. The Morgan fingerprint density at radius 3 is 2.42 bits per heavy atom. The van der Waals surface area contributed by atoms with Gasteiger partial charge in [0, 0.05) is 17.7 Å². The first-order chi connectivity index (χ1) is 9.04. The first kappa shape index (κ1) is 13.3. The number of nitrogens with one attached hydrogen (secondary N) is 1. The minimum Gasteiger partial charge on any atom is -0.478 e. The summed E-state index contributed by atoms with van der Waals surface area (Å²) in [7, 11) is 0. The van der Waals surface area contributed by atoms with Crippen LogP contribution in [0, 0.1) is 5.92 Å². The van der Waals surface area contributed by atoms with Crippen molar-refractivity contribution < 1.29 is 14.7 Å². The van der Waals surface area contributed by atoms with E-state index >= 15 is 0 Å². The molecule has 0 spiro atoms. The summed E-state index contributed by atoms with van der Waals surface area (Å²) in [6.07, 6.45) is 4.67. The summed E-state index contributed by atoms with van der Waals surface area (Å²) in [6, 6.07) is 7.18. The van der Waals surface area contributed by atoms with Gasteiger partial charge in [-0.25, -0.2) is 4.79 Å². The molecule has 2 N–H and O–H groups in total. The van der Waals surface area contributed by atoms with Gasteiger partial charge >= 0.3 is 5.97 Å². The lowest BCUT2D eigenvalue weighted by Crippen LogP contribution is -2.43. The highest BCUT2D eigenvalue weighted by molar-refractivity contribution is 5.94. The van der Waals surface area contributed by atoms with Crippen molar-refractivity contribution in [3.05, 3.63) is 41.5 Å². The number of hydrogen-bond donors (Lipinski definition) is 2. The van der Waals surface area contributed by atoms with Crippen molar-refractivity contribution >= 4 is 18.0 Å². The van der Waals surface area contributed by atoms with Crippen molar-refractivity contribution in [2.24, 2.45) is 5.92 Å². The van der Waals surface area contributed by atoms with Crippen LogP contribution in [-0.4, -0.2) is 23.0 Å². The maximum atomic E-state index is 11.9. The zero-order chi connectivity index (χ0) is 13.8. The fourth-order valence-corrected chi connectivity index (χ4v) is 2.20. The van der Waals surface area contributed by atoms with E-state index in [-0.39, 0.29) is 5.91 Å². The predicted octanol–water partition coefficient (Wildman–Crippen LogP) is 2.31. The first-order valence-electron chi connectivity index (χ1n) is 6.36. The molecule has 100 valence electrons. The Bertz CT molecular complexity index is 499. The minimum absolute atomic E-state index is 0.0642. The van der Waals surface area contributed by atoms with Gasteiger partial charge in [-0.15, -0.1) is 0 Å². The number of benzene rings is 1. The number of carboxylic acid groups (broad SMARTS) is 1. The van der Waals surface area contributed by atoms with E-state index in [1.165, 1.54) is 6.08 Å². The summed E-state index contributed by atoms with van der Waals surface area (Å²) < 4.78 is 0. The molecule has 1 aliphatic rings. The fourth-order valence-electron chi connectivity index (χ4n) is 2.20. The Balaban J connectivity index is 1.94. The Hall–Kier alpha value is -2.10. The largest absolute Gasteiger partial charge is 0.478 e. The molecule has 1 aromatic carbocycles. The molecule has 0 unspecified atom stereocenters. The average molecular weight is 259 g/mol. The normalized spacial score (nSPS) is 21.9. The molecule has 1 fully saturated rings. The molecule has 0 heterocycles. The van der Waals surface area contributed by atoms with E-state index in [2.05, 4.69) is 12.2 Å². The second-order valence-corrected chi connectivity index (χ2v) is 5.04. The van der Waals surface area contributed by atoms with Gasteiger partial charge in [-0.05, 0) is 42.5 Å². The lowest BCUT2D eigenvalue weighted by molar-refractivity contribution is -0.131. The van der Waals surface area contributed by atoms with Gasteiger partial charge in [0.1, 0.15) is 0 Å². The molecule has 0 aliphatic heterocycles. The van der Waals surface area contributed by atoms with Gasteiger partial charge < -0.3 is 10.4 Å². The molecule has 1 amide bonds. The van der Waals surface area contributed by atoms with Crippen LogP contribution < -0.4 is 5.32 Å². The monoisotopic (exact) mass is 259 g/mol. The van der Waals surface area contributed by atoms with Crippen molar-refractivity contribution in [1.29, 1.82) is 0 Å². The second kappa shape index (κ2) is 5.69. The quantitative estimate of drug-likeness (QED) is 0.815. The van der Waals surface area contributed by atoms with Gasteiger partial charge in [0.15, 0.2) is 0 Å². The first-order valence-corrected chi connectivity index (χ1v) is 6.36. The summed E-state index contributed by atoms with van der Waals surface area (Å²) in [4.78, 5) is 22.3. The predicted molar refractivity (Wildman–Crippen MR) is 72.8 cm³/mol. The maximum Gasteiger partial charge on any atom is 0.328 e. The molecule has 0 radical (unpaired) electrons. The van der Waals surface area contributed by atoms with Gasteiger partial charge in [0.05, 0.1) is 0 Å². The van der Waals surface area contributed by atoms with Gasteiger partial charge in [-0.1, -0.05) is 19.1 Å². The van der Waals surface area contributed by atoms with Crippen LogP contribution >= 0.6 is 0 Å². The third kappa shape index (κ3) is 3.68. The van der Waals surface area contributed by atoms with Crippen LogP contribution in [0.25, 0.3) is 6.08 Å². The third-order valence-corrected chi connectivity index (χ3v) is 3.30. The zero-order valence-electron chi connectivity index (χ0n) is 10.8. The molecule has 4 nitrogen and oxygen atoms in total. The van der Waals surface area contributed by atoms with Crippen LogP contribution in [0.15, 0.2) is 30.3 Å². The highest BCUT2D eigenvalue weighted by Gasteiger charge is 2.26. The van der Waals surface area contributed by atoms with Gasteiger partial charge in [-0.2, -0.15) is 0 Å². The summed E-state index contributed by atoms with van der Waals surface area (Å²) in [5, 5.41) is 11.5. The molecule has 4 heteroatoms. The average Bonchev–Trinajstić information content (AvgIpc) is 2.35. The van der Waals surface area contributed by atoms with Crippen LogP contribution in [0.2, 0.25) is 0 Å². The SMILES string of the molecule is CC1CC(NC(=O)c2ccc(/C=C/C(=O)O)cc2)C1. The number of carbonyl (C=O) groups excluding carboxylic acids is 1. The Labute approximate surface area is 112 Å². The molecule has 1 saturated carbocycles. The van der Waals surface area contributed by atoms with Crippen molar-refractivity contribution in [2.45, 2.75) is 25.8 Å². The smallest absolute Gasteiger partial charge is 0.328 e. The van der Waals surface area contributed by atoms with Crippen LogP contribution in [0.1, 0.15) is 35.7 Å². The number of rotatable bonds is 4. The fraction of sp³-hybridized carbons (Fsp3) is 0.333. The van der Waals surface area contributed by atoms with Gasteiger partial charge in [-0.3, -0.25) is 4.79 Å². The number of aliphatic carboxylic acids is 1. The van der Waals surface area contributed by atoms with Crippen LogP contribution in [0.3, 0.4) is 0 Å². The van der Waals surface area contributed by atoms with Gasteiger partial charge in [0.2, 0.25) is 0 Å². The van der Waals surface area contributed by atoms with Crippen LogP contribution in [0.4, 0.5) is 0 Å². The lowest BCUT2D eigenvalue weighted by atomic mass is 9.82. The molecule has 0 atom stereocenters. The van der Waals surface area contributed by atoms with E-state index in [1.807, 2.05) is 0 Å². The summed E-state index contributed by atoms with van der Waals surface area (Å²) in [5.74, 6) is -0.347. The van der Waals surface area contributed by atoms with E-state index in [4.69, 9.17) is 5.11 Å². The molecule has 1 aromatic rings. The van der Waals surface area contributed by atoms with Gasteiger partial charge in [0.25, 0.3) is 5.91 Å². The lowest BCUT2D eigenvalue weighted by Gasteiger charge is -2.33. The van der Waals surface area contributed by atoms with Crippen molar-refractivity contribution in [1.82, 2.24) is 5.32 Å². The van der Waals surface area contributed by atoms with E-state index in [0.29, 0.717) is 17.5 Å². The maximum absolute atomic E-state index is 11.9. The molecule has 0 saturated heterocycles. The molecule has 0 aromatic heterocycles. The Morgan fingerprint density at radius 2 is 1.89 bits per heavy atom. The number of amides is 1. The van der Waals surface area contributed by atoms with Crippen molar-refractivity contribution in [3.8, 4) is 0 Å². The molecule has 19 heavy (non-hydrogen) atoms. The summed E-state index contributed by atoms with van der Waals surface area (Å²) in [6.45, 7) is 2.17. The summed E-state index contributed by atoms with van der Waals surface area (Å²) in [5.41, 5.74) is 1.36. The van der Waals surface area contributed by atoms with E-state index < -0.39 is 5.97 Å². The van der Waals surface area contributed by atoms with Crippen molar-refractivity contribution in [2.75, 3.05) is 0 Å². The number of carboxylic acids is 1. The standard InChI is InChI=1S/C15H17NO3/c1-10-8-13(9-10)16-15(19)12-5-2-11(3-6-12)4-7-14(17)18/h2-7,10,13H,8-9H2,1H3,(H,16,19)(H,17,18)/b7-4+. The van der Waals surface area contributed by atoms with E-state index in [1.54, 1.807) is 24.3 Å². The molecular formula is C15H17NO3. The van der Waals surface area contributed by atoms with Crippen LogP contribution in [0.5, 0.6) is 0 Å². The molecule has 0 bridgehead atoms. The van der Waals surface area contributed by atoms with E-state index in [9.17, 15) is 9.59 Å².